The third kappa shape index (κ3) is 2.27. The van der Waals surface area contributed by atoms with Crippen LogP contribution in [0.2, 0.25) is 0 Å². The molecule has 2 aromatic rings. The Morgan fingerprint density at radius 2 is 2.25 bits per heavy atom. The van der Waals surface area contributed by atoms with Gasteiger partial charge in [-0.1, -0.05) is 6.92 Å². The lowest BCUT2D eigenvalue weighted by atomic mass is 10.3. The topological polar surface area (TPSA) is 76.7 Å². The van der Waals surface area contributed by atoms with Gasteiger partial charge in [0.25, 0.3) is 0 Å². The first-order valence-corrected chi connectivity index (χ1v) is 5.82. The molecule has 0 aliphatic heterocycles. The van der Waals surface area contributed by atoms with E-state index in [4.69, 9.17) is 5.73 Å². The fraction of sp³-hybridized carbons (Fsp3) is 0.300. The molecule has 0 saturated carbocycles. The molecule has 84 valence electrons. The minimum absolute atomic E-state index is 0.258. The molecular weight excluding hydrogens is 222 g/mol. The highest BCUT2D eigenvalue weighted by molar-refractivity contribution is 7.15. The van der Waals surface area contributed by atoms with Crippen LogP contribution in [0.1, 0.15) is 17.5 Å². The van der Waals surface area contributed by atoms with E-state index in [9.17, 15) is 0 Å². The first-order chi connectivity index (χ1) is 7.69. The average Bonchev–Trinajstić information content (AvgIpc) is 2.58. The highest BCUT2D eigenvalue weighted by Gasteiger charge is 2.06. The summed E-state index contributed by atoms with van der Waals surface area (Å²) in [5.74, 6) is 0.929. The van der Waals surface area contributed by atoms with Crippen molar-refractivity contribution in [1.29, 1.82) is 0 Å². The van der Waals surface area contributed by atoms with E-state index in [0.717, 1.165) is 17.2 Å². The second kappa shape index (κ2) is 4.44. The van der Waals surface area contributed by atoms with Crippen molar-refractivity contribution in [2.24, 2.45) is 0 Å². The molecule has 0 bridgehead atoms. The number of aromatic nitrogens is 3. The molecule has 0 atom stereocenters. The number of nitrogens with one attached hydrogen (secondary N) is 1. The molecule has 2 heterocycles. The van der Waals surface area contributed by atoms with Crippen molar-refractivity contribution in [2.45, 2.75) is 20.3 Å². The number of rotatable bonds is 3. The van der Waals surface area contributed by atoms with Crippen molar-refractivity contribution in [3.63, 3.8) is 0 Å². The summed E-state index contributed by atoms with van der Waals surface area (Å²) in [6.45, 7) is 4.16. The van der Waals surface area contributed by atoms with Gasteiger partial charge in [0.15, 0.2) is 5.13 Å². The molecule has 2 rings (SSSR count). The molecule has 0 aliphatic carbocycles. The highest BCUT2D eigenvalue weighted by atomic mass is 32.1. The van der Waals surface area contributed by atoms with Gasteiger partial charge in [-0.3, -0.25) is 0 Å². The summed E-state index contributed by atoms with van der Waals surface area (Å²) in [4.78, 5) is 13.6. The van der Waals surface area contributed by atoms with E-state index in [1.54, 1.807) is 23.6 Å². The largest absolute Gasteiger partial charge is 0.368 e. The molecular formula is C10H13N5S. The van der Waals surface area contributed by atoms with Crippen LogP contribution in [0.25, 0.3) is 0 Å². The minimum Gasteiger partial charge on any atom is -0.368 e. The van der Waals surface area contributed by atoms with Gasteiger partial charge in [0.1, 0.15) is 5.82 Å². The maximum absolute atomic E-state index is 5.49. The van der Waals surface area contributed by atoms with Crippen LogP contribution < -0.4 is 11.1 Å². The van der Waals surface area contributed by atoms with Gasteiger partial charge in [-0.25, -0.2) is 9.97 Å². The SMILES string of the molecule is CCc1nc(Nc2ccnc(N)n2)sc1C. The number of nitrogen functional groups attached to an aromatic ring is 1. The van der Waals surface area contributed by atoms with E-state index in [1.807, 2.05) is 0 Å². The Morgan fingerprint density at radius 3 is 2.88 bits per heavy atom. The summed E-state index contributed by atoms with van der Waals surface area (Å²) in [6.07, 6.45) is 2.56. The number of anilines is 3. The lowest BCUT2D eigenvalue weighted by Gasteiger charge is -2.00. The van der Waals surface area contributed by atoms with Crippen LogP contribution in [0.3, 0.4) is 0 Å². The number of thiazole rings is 1. The second-order valence-electron chi connectivity index (χ2n) is 3.30. The van der Waals surface area contributed by atoms with Crippen molar-refractivity contribution in [1.82, 2.24) is 15.0 Å². The third-order valence-electron chi connectivity index (χ3n) is 2.14. The fourth-order valence-corrected chi connectivity index (χ4v) is 2.27. The van der Waals surface area contributed by atoms with E-state index < -0.39 is 0 Å². The Hall–Kier alpha value is -1.69. The van der Waals surface area contributed by atoms with Gasteiger partial charge in [-0.2, -0.15) is 4.98 Å². The quantitative estimate of drug-likeness (QED) is 0.852. The standard InChI is InChI=1S/C10H13N5S/c1-3-7-6(2)16-10(13-7)15-8-4-5-12-9(11)14-8/h4-5H,3H2,1-2H3,(H3,11,12,13,14,15). The summed E-state index contributed by atoms with van der Waals surface area (Å²) in [7, 11) is 0. The lowest BCUT2D eigenvalue weighted by molar-refractivity contribution is 1.04. The number of hydrogen-bond acceptors (Lipinski definition) is 6. The summed E-state index contributed by atoms with van der Waals surface area (Å²) in [5, 5.41) is 3.96. The Balaban J connectivity index is 2.20. The molecule has 3 N–H and O–H groups in total. The van der Waals surface area contributed by atoms with Gasteiger partial charge in [0.2, 0.25) is 5.95 Å². The zero-order valence-electron chi connectivity index (χ0n) is 9.19. The number of aryl methyl sites for hydroxylation is 2. The normalized spacial score (nSPS) is 10.4. The third-order valence-corrected chi connectivity index (χ3v) is 3.07. The molecule has 0 unspecified atom stereocenters. The van der Waals surface area contributed by atoms with E-state index in [2.05, 4.69) is 34.1 Å². The van der Waals surface area contributed by atoms with Gasteiger partial charge in [0.05, 0.1) is 5.69 Å². The van der Waals surface area contributed by atoms with Crippen molar-refractivity contribution in [3.05, 3.63) is 22.8 Å². The molecule has 0 fully saturated rings. The van der Waals surface area contributed by atoms with E-state index in [1.165, 1.54) is 4.88 Å². The Kier molecular flexibility index (Phi) is 3.00. The molecule has 0 saturated heterocycles. The van der Waals surface area contributed by atoms with Crippen LogP contribution in [-0.4, -0.2) is 15.0 Å². The molecule has 0 spiro atoms. The molecule has 16 heavy (non-hydrogen) atoms. The Bertz CT molecular complexity index is 494. The van der Waals surface area contributed by atoms with Crippen LogP contribution in [0.5, 0.6) is 0 Å². The summed E-state index contributed by atoms with van der Waals surface area (Å²) < 4.78 is 0. The number of hydrogen-bond donors (Lipinski definition) is 2. The zero-order chi connectivity index (χ0) is 11.5. The fourth-order valence-electron chi connectivity index (χ4n) is 1.36. The first kappa shape index (κ1) is 10.8. The zero-order valence-corrected chi connectivity index (χ0v) is 10.0. The Labute approximate surface area is 97.8 Å². The van der Waals surface area contributed by atoms with E-state index in [0.29, 0.717) is 5.82 Å². The molecule has 0 aromatic carbocycles. The van der Waals surface area contributed by atoms with Crippen molar-refractivity contribution >= 4 is 28.2 Å². The van der Waals surface area contributed by atoms with Gasteiger partial charge < -0.3 is 11.1 Å². The van der Waals surface area contributed by atoms with Crippen LogP contribution in [0.4, 0.5) is 16.9 Å². The molecule has 5 nitrogen and oxygen atoms in total. The predicted octanol–water partition coefficient (Wildman–Crippen LogP) is 2.13. The minimum atomic E-state index is 0.258. The van der Waals surface area contributed by atoms with Crippen LogP contribution in [-0.2, 0) is 6.42 Å². The van der Waals surface area contributed by atoms with Gasteiger partial charge in [-0.05, 0) is 19.4 Å². The van der Waals surface area contributed by atoms with E-state index in [-0.39, 0.29) is 5.95 Å². The van der Waals surface area contributed by atoms with Crippen LogP contribution >= 0.6 is 11.3 Å². The predicted molar refractivity (Wildman–Crippen MR) is 66.0 cm³/mol. The van der Waals surface area contributed by atoms with Gasteiger partial charge >= 0.3 is 0 Å². The summed E-state index contributed by atoms with van der Waals surface area (Å²) in [5.41, 5.74) is 6.61. The molecule has 6 heteroatoms. The van der Waals surface area contributed by atoms with Gasteiger partial charge in [-0.15, -0.1) is 11.3 Å². The smallest absolute Gasteiger partial charge is 0.221 e. The van der Waals surface area contributed by atoms with Crippen molar-refractivity contribution in [3.8, 4) is 0 Å². The Morgan fingerprint density at radius 1 is 1.44 bits per heavy atom. The second-order valence-corrected chi connectivity index (χ2v) is 4.50. The maximum atomic E-state index is 5.49. The molecule has 0 radical (unpaired) electrons. The molecule has 2 aromatic heterocycles. The van der Waals surface area contributed by atoms with Gasteiger partial charge in [0, 0.05) is 11.1 Å². The number of nitrogens with zero attached hydrogens (tertiary/aromatic N) is 3. The summed E-state index contributed by atoms with van der Waals surface area (Å²) >= 11 is 1.62. The first-order valence-electron chi connectivity index (χ1n) is 5.01. The van der Waals surface area contributed by atoms with Crippen LogP contribution in [0.15, 0.2) is 12.3 Å². The van der Waals surface area contributed by atoms with E-state index >= 15 is 0 Å². The number of nitrogens with two attached hydrogens (primary N) is 1. The monoisotopic (exact) mass is 235 g/mol. The lowest BCUT2D eigenvalue weighted by Crippen LogP contribution is -1.98. The van der Waals surface area contributed by atoms with Crippen molar-refractivity contribution < 1.29 is 0 Å². The summed E-state index contributed by atoms with van der Waals surface area (Å²) in [6, 6.07) is 1.76. The maximum Gasteiger partial charge on any atom is 0.221 e. The highest BCUT2D eigenvalue weighted by Crippen LogP contribution is 2.24. The van der Waals surface area contributed by atoms with Crippen molar-refractivity contribution in [2.75, 3.05) is 11.1 Å². The molecule has 0 amide bonds. The molecule has 0 aliphatic rings. The average molecular weight is 235 g/mol. The van der Waals surface area contributed by atoms with Crippen LogP contribution in [0, 0.1) is 6.92 Å².